The molecule has 1 fully saturated rings. The summed E-state index contributed by atoms with van der Waals surface area (Å²) in [5.74, 6) is 0. The van der Waals surface area contributed by atoms with Gasteiger partial charge in [0.1, 0.15) is 0 Å². The zero-order valence-corrected chi connectivity index (χ0v) is 6.67. The van der Waals surface area contributed by atoms with Gasteiger partial charge in [0.25, 0.3) is 0 Å². The monoisotopic (exact) mass is 144 g/mol. The summed E-state index contributed by atoms with van der Waals surface area (Å²) < 4.78 is 0. The first-order chi connectivity index (χ1) is 4.74. The average molecular weight is 144 g/mol. The highest BCUT2D eigenvalue weighted by Gasteiger charge is 2.23. The minimum atomic E-state index is -0.191. The van der Waals surface area contributed by atoms with E-state index in [-0.39, 0.29) is 6.10 Å². The number of likely N-dealkylation sites (tertiary alicyclic amines) is 1. The van der Waals surface area contributed by atoms with Crippen LogP contribution in [-0.2, 0) is 0 Å². The van der Waals surface area contributed by atoms with Crippen molar-refractivity contribution in [3.63, 3.8) is 0 Å². The molecule has 1 aliphatic rings. The maximum Gasteiger partial charge on any atom is 0.0820 e. The van der Waals surface area contributed by atoms with Gasteiger partial charge in [-0.05, 0) is 27.1 Å². The van der Waals surface area contributed by atoms with Crippen LogP contribution in [-0.4, -0.2) is 49.3 Å². The summed E-state index contributed by atoms with van der Waals surface area (Å²) in [6.07, 6.45) is 0.859. The van der Waals surface area contributed by atoms with Gasteiger partial charge < -0.3 is 15.3 Å². The molecular formula is C7H16N2O. The third kappa shape index (κ3) is 1.68. The highest BCUT2D eigenvalue weighted by Crippen LogP contribution is 2.07. The fraction of sp³-hybridized carbons (Fsp3) is 1.00. The Balaban J connectivity index is 2.36. The molecular weight excluding hydrogens is 128 g/mol. The lowest BCUT2D eigenvalue weighted by Crippen LogP contribution is -2.50. The lowest BCUT2D eigenvalue weighted by molar-refractivity contribution is 0.0549. The second kappa shape index (κ2) is 3.32. The lowest BCUT2D eigenvalue weighted by atomic mass is 10.0. The molecule has 1 rings (SSSR count). The van der Waals surface area contributed by atoms with Gasteiger partial charge in [-0.1, -0.05) is 0 Å². The second-order valence-corrected chi connectivity index (χ2v) is 3.01. The highest BCUT2D eigenvalue weighted by molar-refractivity contribution is 4.82. The Morgan fingerprint density at radius 1 is 1.60 bits per heavy atom. The molecule has 0 radical (unpaired) electrons. The summed E-state index contributed by atoms with van der Waals surface area (Å²) in [4.78, 5) is 2.15. The van der Waals surface area contributed by atoms with Crippen molar-refractivity contribution in [3.05, 3.63) is 0 Å². The third-order valence-corrected chi connectivity index (χ3v) is 2.16. The molecule has 1 heterocycles. The summed E-state index contributed by atoms with van der Waals surface area (Å²) in [7, 11) is 3.94. The van der Waals surface area contributed by atoms with Crippen molar-refractivity contribution >= 4 is 0 Å². The summed E-state index contributed by atoms with van der Waals surface area (Å²) in [6.45, 7) is 1.88. The summed E-state index contributed by atoms with van der Waals surface area (Å²) in [5.41, 5.74) is 0. The average Bonchev–Trinajstić information content (AvgIpc) is 1.88. The molecule has 60 valence electrons. The van der Waals surface area contributed by atoms with Crippen molar-refractivity contribution in [1.82, 2.24) is 10.2 Å². The Hall–Kier alpha value is -0.120. The van der Waals surface area contributed by atoms with E-state index < -0.39 is 0 Å². The minimum Gasteiger partial charge on any atom is -0.390 e. The van der Waals surface area contributed by atoms with Crippen LogP contribution in [0.3, 0.4) is 0 Å². The molecule has 0 aromatic rings. The number of rotatable bonds is 1. The SMILES string of the molecule is CN[C@@H]1CCN(C)C[C@H]1O. The van der Waals surface area contributed by atoms with E-state index in [1.807, 2.05) is 14.1 Å². The van der Waals surface area contributed by atoms with Crippen LogP contribution in [0.15, 0.2) is 0 Å². The zero-order valence-electron chi connectivity index (χ0n) is 6.67. The Morgan fingerprint density at radius 2 is 2.30 bits per heavy atom. The molecule has 0 amide bonds. The molecule has 2 N–H and O–H groups in total. The van der Waals surface area contributed by atoms with Crippen LogP contribution in [0.25, 0.3) is 0 Å². The van der Waals surface area contributed by atoms with E-state index in [4.69, 9.17) is 0 Å². The van der Waals surface area contributed by atoms with Crippen LogP contribution in [0.4, 0.5) is 0 Å². The van der Waals surface area contributed by atoms with E-state index in [2.05, 4.69) is 10.2 Å². The minimum absolute atomic E-state index is 0.191. The molecule has 10 heavy (non-hydrogen) atoms. The molecule has 0 aromatic carbocycles. The van der Waals surface area contributed by atoms with E-state index in [0.29, 0.717) is 6.04 Å². The maximum atomic E-state index is 9.44. The Labute approximate surface area is 62.0 Å². The van der Waals surface area contributed by atoms with Crippen LogP contribution < -0.4 is 5.32 Å². The lowest BCUT2D eigenvalue weighted by Gasteiger charge is -2.33. The van der Waals surface area contributed by atoms with E-state index >= 15 is 0 Å². The van der Waals surface area contributed by atoms with Gasteiger partial charge >= 0.3 is 0 Å². The van der Waals surface area contributed by atoms with Crippen molar-refractivity contribution in [3.8, 4) is 0 Å². The highest BCUT2D eigenvalue weighted by atomic mass is 16.3. The fourth-order valence-corrected chi connectivity index (χ4v) is 1.43. The number of hydrogen-bond acceptors (Lipinski definition) is 3. The normalized spacial score (nSPS) is 36.3. The molecule has 0 aromatic heterocycles. The van der Waals surface area contributed by atoms with E-state index in [0.717, 1.165) is 19.5 Å². The smallest absolute Gasteiger partial charge is 0.0820 e. The van der Waals surface area contributed by atoms with E-state index in [1.165, 1.54) is 0 Å². The Morgan fingerprint density at radius 3 is 2.80 bits per heavy atom. The first-order valence-electron chi connectivity index (χ1n) is 3.78. The van der Waals surface area contributed by atoms with Crippen molar-refractivity contribution in [2.24, 2.45) is 0 Å². The third-order valence-electron chi connectivity index (χ3n) is 2.16. The second-order valence-electron chi connectivity index (χ2n) is 3.01. The molecule has 0 bridgehead atoms. The van der Waals surface area contributed by atoms with Crippen LogP contribution in [0.5, 0.6) is 0 Å². The van der Waals surface area contributed by atoms with Crippen LogP contribution in [0, 0.1) is 0 Å². The van der Waals surface area contributed by atoms with Gasteiger partial charge in [0.2, 0.25) is 0 Å². The largest absolute Gasteiger partial charge is 0.390 e. The molecule has 1 saturated heterocycles. The molecule has 1 aliphatic heterocycles. The summed E-state index contributed by atoms with van der Waals surface area (Å²) in [6, 6.07) is 0.302. The van der Waals surface area contributed by atoms with Crippen LogP contribution in [0.1, 0.15) is 6.42 Å². The maximum absolute atomic E-state index is 9.44. The van der Waals surface area contributed by atoms with Gasteiger partial charge in [0.05, 0.1) is 6.10 Å². The van der Waals surface area contributed by atoms with E-state index in [1.54, 1.807) is 0 Å². The molecule has 2 atom stereocenters. The predicted octanol–water partition coefficient (Wildman–Crippen LogP) is -0.729. The van der Waals surface area contributed by atoms with Crippen molar-refractivity contribution < 1.29 is 5.11 Å². The van der Waals surface area contributed by atoms with Crippen LogP contribution in [0.2, 0.25) is 0 Å². The Kier molecular flexibility index (Phi) is 2.65. The zero-order chi connectivity index (χ0) is 7.56. The van der Waals surface area contributed by atoms with Gasteiger partial charge in [0.15, 0.2) is 0 Å². The van der Waals surface area contributed by atoms with Crippen molar-refractivity contribution in [2.75, 3.05) is 27.2 Å². The first-order valence-corrected chi connectivity index (χ1v) is 3.78. The number of aliphatic hydroxyl groups is 1. The van der Waals surface area contributed by atoms with Crippen molar-refractivity contribution in [1.29, 1.82) is 0 Å². The van der Waals surface area contributed by atoms with Crippen molar-refractivity contribution in [2.45, 2.75) is 18.6 Å². The standard InChI is InChI=1S/C7H16N2O/c1-8-6-3-4-9(2)5-7(6)10/h6-8,10H,3-5H2,1-2H3/t6-,7-/m1/s1. The predicted molar refractivity (Wildman–Crippen MR) is 41.0 cm³/mol. The number of hydrogen-bond donors (Lipinski definition) is 2. The van der Waals surface area contributed by atoms with Gasteiger partial charge in [-0.3, -0.25) is 0 Å². The molecule has 3 nitrogen and oxygen atoms in total. The Bertz CT molecular complexity index is 108. The molecule has 0 unspecified atom stereocenters. The van der Waals surface area contributed by atoms with Gasteiger partial charge in [-0.25, -0.2) is 0 Å². The number of β-amino-alcohol motifs (C(OH)–C–C–N with tert-alkyl or cyclic N) is 1. The molecule has 0 spiro atoms. The number of piperidine rings is 1. The number of likely N-dealkylation sites (N-methyl/N-ethyl adjacent to an activating group) is 2. The number of nitrogens with zero attached hydrogens (tertiary/aromatic N) is 1. The van der Waals surface area contributed by atoms with Gasteiger partial charge in [-0.15, -0.1) is 0 Å². The molecule has 3 heteroatoms. The summed E-state index contributed by atoms with van der Waals surface area (Å²) in [5, 5.41) is 12.5. The van der Waals surface area contributed by atoms with Gasteiger partial charge in [0, 0.05) is 12.6 Å². The topological polar surface area (TPSA) is 35.5 Å². The quantitative estimate of drug-likeness (QED) is 0.509. The number of nitrogens with one attached hydrogen (secondary N) is 1. The summed E-state index contributed by atoms with van der Waals surface area (Å²) >= 11 is 0. The fourth-order valence-electron chi connectivity index (χ4n) is 1.43. The molecule has 0 saturated carbocycles. The first kappa shape index (κ1) is 7.98. The molecule has 0 aliphatic carbocycles. The van der Waals surface area contributed by atoms with Crippen LogP contribution >= 0.6 is 0 Å². The van der Waals surface area contributed by atoms with Gasteiger partial charge in [-0.2, -0.15) is 0 Å². The number of aliphatic hydroxyl groups excluding tert-OH is 1. The van der Waals surface area contributed by atoms with E-state index in [9.17, 15) is 5.11 Å².